The molecule has 1 fully saturated rings. The van der Waals surface area contributed by atoms with Crippen molar-refractivity contribution in [3.05, 3.63) is 0 Å². The minimum atomic E-state index is -0.504. The molecule has 0 radical (unpaired) electrons. The van der Waals surface area contributed by atoms with Gasteiger partial charge >= 0.3 is 6.09 Å². The maximum absolute atomic E-state index is 12.3. The standard InChI is InChI=1S/C20H41N5O2.HI/c1-8-20(9-2,24-18(26)27-19(3,4)5)15-23-17(21-6)22-13-16-11-10-12-25(7)14-16;/h16H,8-15H2,1-7H3,(H,24,26)(H2,21,22,23);1H. The number of halogens is 1. The van der Waals surface area contributed by atoms with E-state index in [0.29, 0.717) is 12.5 Å². The van der Waals surface area contributed by atoms with Crippen molar-refractivity contribution >= 4 is 36.0 Å². The van der Waals surface area contributed by atoms with Crippen molar-refractivity contribution in [3.8, 4) is 0 Å². The molecule has 1 aliphatic heterocycles. The third-order valence-corrected chi connectivity index (χ3v) is 5.22. The second-order valence-electron chi connectivity index (χ2n) is 8.69. The first-order valence-corrected chi connectivity index (χ1v) is 10.3. The lowest BCUT2D eigenvalue weighted by molar-refractivity contribution is 0.0448. The maximum atomic E-state index is 12.3. The van der Waals surface area contributed by atoms with Crippen LogP contribution < -0.4 is 16.0 Å². The van der Waals surface area contributed by atoms with Gasteiger partial charge in [-0.05, 0) is 66.0 Å². The van der Waals surface area contributed by atoms with Crippen LogP contribution in [0.25, 0.3) is 0 Å². The lowest BCUT2D eigenvalue weighted by Gasteiger charge is -2.35. The fraction of sp³-hybridized carbons (Fsp3) is 0.900. The highest BCUT2D eigenvalue weighted by atomic mass is 127. The van der Waals surface area contributed by atoms with E-state index >= 15 is 0 Å². The van der Waals surface area contributed by atoms with Crippen molar-refractivity contribution in [3.63, 3.8) is 0 Å². The molecule has 1 rings (SSSR count). The topological polar surface area (TPSA) is 78.0 Å². The minimum Gasteiger partial charge on any atom is -0.444 e. The number of nitrogens with zero attached hydrogens (tertiary/aromatic N) is 2. The number of amides is 1. The van der Waals surface area contributed by atoms with Gasteiger partial charge in [0, 0.05) is 26.7 Å². The molecule has 1 unspecified atom stereocenters. The molecule has 0 spiro atoms. The highest BCUT2D eigenvalue weighted by Crippen LogP contribution is 2.17. The Morgan fingerprint density at radius 2 is 1.86 bits per heavy atom. The number of guanidine groups is 1. The van der Waals surface area contributed by atoms with Gasteiger partial charge in [-0.3, -0.25) is 4.99 Å². The second-order valence-corrected chi connectivity index (χ2v) is 8.69. The fourth-order valence-electron chi connectivity index (χ4n) is 3.40. The third kappa shape index (κ3) is 10.1. The number of piperidine rings is 1. The van der Waals surface area contributed by atoms with Crippen LogP contribution in [0.1, 0.15) is 60.3 Å². The Labute approximate surface area is 188 Å². The summed E-state index contributed by atoms with van der Waals surface area (Å²) >= 11 is 0. The van der Waals surface area contributed by atoms with Gasteiger partial charge in [0.05, 0.1) is 5.54 Å². The van der Waals surface area contributed by atoms with Crippen LogP contribution >= 0.6 is 24.0 Å². The molecule has 1 heterocycles. The fourth-order valence-corrected chi connectivity index (χ4v) is 3.40. The molecule has 3 N–H and O–H groups in total. The summed E-state index contributed by atoms with van der Waals surface area (Å²) in [6, 6.07) is 0. The number of likely N-dealkylation sites (tertiary alicyclic amines) is 1. The Bertz CT molecular complexity index is 489. The smallest absolute Gasteiger partial charge is 0.408 e. The zero-order valence-corrected chi connectivity index (χ0v) is 21.2. The minimum absolute atomic E-state index is 0. The molecule has 0 saturated carbocycles. The first-order valence-electron chi connectivity index (χ1n) is 10.3. The quantitative estimate of drug-likeness (QED) is 0.278. The molecule has 1 atom stereocenters. The molecule has 1 aliphatic rings. The van der Waals surface area contributed by atoms with Crippen molar-refractivity contribution < 1.29 is 9.53 Å². The monoisotopic (exact) mass is 511 g/mol. The van der Waals surface area contributed by atoms with E-state index in [2.05, 4.69) is 46.7 Å². The van der Waals surface area contributed by atoms with Crippen molar-refractivity contribution in [2.24, 2.45) is 10.9 Å². The van der Waals surface area contributed by atoms with Gasteiger partial charge in [0.2, 0.25) is 0 Å². The number of alkyl carbamates (subject to hydrolysis) is 1. The van der Waals surface area contributed by atoms with E-state index in [4.69, 9.17) is 4.74 Å². The summed E-state index contributed by atoms with van der Waals surface area (Å²) < 4.78 is 5.44. The summed E-state index contributed by atoms with van der Waals surface area (Å²) in [7, 11) is 3.96. The molecule has 28 heavy (non-hydrogen) atoms. The van der Waals surface area contributed by atoms with Gasteiger partial charge in [-0.15, -0.1) is 24.0 Å². The Kier molecular flexibility index (Phi) is 12.4. The number of carbonyl (C=O) groups excluding carboxylic acids is 1. The average molecular weight is 511 g/mol. The highest BCUT2D eigenvalue weighted by molar-refractivity contribution is 14.0. The van der Waals surface area contributed by atoms with Crippen LogP contribution in [0.5, 0.6) is 0 Å². The van der Waals surface area contributed by atoms with Gasteiger partial charge in [0.15, 0.2) is 5.96 Å². The molecule has 0 aliphatic carbocycles. The van der Waals surface area contributed by atoms with E-state index in [1.165, 1.54) is 19.4 Å². The molecule has 0 aromatic rings. The Morgan fingerprint density at radius 1 is 1.21 bits per heavy atom. The summed E-state index contributed by atoms with van der Waals surface area (Å²) in [5.41, 5.74) is -0.875. The third-order valence-electron chi connectivity index (χ3n) is 5.22. The summed E-state index contributed by atoms with van der Waals surface area (Å²) in [5, 5.41) is 9.89. The molecule has 0 aromatic carbocycles. The largest absolute Gasteiger partial charge is 0.444 e. The Balaban J connectivity index is 0.00000729. The number of rotatable bonds is 7. The van der Waals surface area contributed by atoms with E-state index in [-0.39, 0.29) is 35.6 Å². The summed E-state index contributed by atoms with van der Waals surface area (Å²) in [6.45, 7) is 13.6. The van der Waals surface area contributed by atoms with Gasteiger partial charge in [-0.25, -0.2) is 4.79 Å². The van der Waals surface area contributed by atoms with Crippen LogP contribution in [-0.2, 0) is 4.74 Å². The van der Waals surface area contributed by atoms with Gasteiger partial charge in [0.1, 0.15) is 5.60 Å². The van der Waals surface area contributed by atoms with E-state index in [1.807, 2.05) is 20.8 Å². The Hall–Kier alpha value is -0.770. The predicted molar refractivity (Wildman–Crippen MR) is 128 cm³/mol. The van der Waals surface area contributed by atoms with E-state index in [9.17, 15) is 4.79 Å². The number of nitrogens with one attached hydrogen (secondary N) is 3. The van der Waals surface area contributed by atoms with E-state index in [1.54, 1.807) is 7.05 Å². The number of aliphatic imine (C=N–C) groups is 1. The van der Waals surface area contributed by atoms with Gasteiger partial charge < -0.3 is 25.6 Å². The first-order chi connectivity index (χ1) is 12.6. The van der Waals surface area contributed by atoms with E-state index in [0.717, 1.165) is 31.9 Å². The van der Waals surface area contributed by atoms with Crippen molar-refractivity contribution in [2.45, 2.75) is 71.4 Å². The number of hydrogen-bond donors (Lipinski definition) is 3. The summed E-state index contributed by atoms with van der Waals surface area (Å²) in [5.74, 6) is 1.42. The average Bonchev–Trinajstić information content (AvgIpc) is 2.59. The van der Waals surface area contributed by atoms with Gasteiger partial charge in [0.25, 0.3) is 0 Å². The maximum Gasteiger partial charge on any atom is 0.408 e. The number of ether oxygens (including phenoxy) is 1. The van der Waals surface area contributed by atoms with Crippen molar-refractivity contribution in [1.29, 1.82) is 0 Å². The summed E-state index contributed by atoms with van der Waals surface area (Å²) in [4.78, 5) is 19.0. The zero-order valence-electron chi connectivity index (χ0n) is 18.9. The normalized spacial score (nSPS) is 18.8. The van der Waals surface area contributed by atoms with Crippen LogP contribution in [0.2, 0.25) is 0 Å². The molecule has 1 amide bonds. The second kappa shape index (κ2) is 12.7. The van der Waals surface area contributed by atoms with Crippen LogP contribution in [0.3, 0.4) is 0 Å². The summed E-state index contributed by atoms with van der Waals surface area (Å²) in [6.07, 6.45) is 3.74. The van der Waals surface area contributed by atoms with Crippen LogP contribution in [0, 0.1) is 5.92 Å². The molecule has 0 aromatic heterocycles. The SMILES string of the molecule is CCC(CC)(CNC(=NC)NCC1CCCN(C)C1)NC(=O)OC(C)(C)C.I. The lowest BCUT2D eigenvalue weighted by Crippen LogP contribution is -2.57. The highest BCUT2D eigenvalue weighted by Gasteiger charge is 2.30. The van der Waals surface area contributed by atoms with Crippen LogP contribution in [-0.4, -0.2) is 68.4 Å². The van der Waals surface area contributed by atoms with Crippen LogP contribution in [0.15, 0.2) is 4.99 Å². The van der Waals surface area contributed by atoms with Gasteiger partial charge in [-0.1, -0.05) is 13.8 Å². The molecule has 8 heteroatoms. The molecule has 166 valence electrons. The lowest BCUT2D eigenvalue weighted by atomic mass is 9.93. The molecule has 7 nitrogen and oxygen atoms in total. The molecule has 0 bridgehead atoms. The molecular weight excluding hydrogens is 469 g/mol. The number of carbonyl (C=O) groups is 1. The van der Waals surface area contributed by atoms with Gasteiger partial charge in [-0.2, -0.15) is 0 Å². The predicted octanol–water partition coefficient (Wildman–Crippen LogP) is 3.19. The zero-order chi connectivity index (χ0) is 20.5. The van der Waals surface area contributed by atoms with Crippen molar-refractivity contribution in [1.82, 2.24) is 20.9 Å². The van der Waals surface area contributed by atoms with Crippen molar-refractivity contribution in [2.75, 3.05) is 40.3 Å². The van der Waals surface area contributed by atoms with Crippen LogP contribution in [0.4, 0.5) is 4.79 Å². The molecule has 1 saturated heterocycles. The first kappa shape index (κ1) is 27.2. The van der Waals surface area contributed by atoms with E-state index < -0.39 is 5.60 Å². The molecular formula is C20H42IN5O2. The number of hydrogen-bond acceptors (Lipinski definition) is 4. The Morgan fingerprint density at radius 3 is 2.36 bits per heavy atom.